The lowest BCUT2D eigenvalue weighted by molar-refractivity contribution is 0.0393. The van der Waals surface area contributed by atoms with E-state index in [1.54, 1.807) is 0 Å². The van der Waals surface area contributed by atoms with Gasteiger partial charge in [-0.25, -0.2) is 0 Å². The lowest BCUT2D eigenvalue weighted by atomic mass is 9.89. The summed E-state index contributed by atoms with van der Waals surface area (Å²) in [5.41, 5.74) is 1.37. The second-order valence-corrected chi connectivity index (χ2v) is 5.48. The van der Waals surface area contributed by atoms with E-state index in [1.807, 2.05) is 0 Å². The van der Waals surface area contributed by atoms with E-state index in [-0.39, 0.29) is 0 Å². The van der Waals surface area contributed by atoms with Gasteiger partial charge in [-0.05, 0) is 37.1 Å². The van der Waals surface area contributed by atoms with Gasteiger partial charge in [0.15, 0.2) is 0 Å². The summed E-state index contributed by atoms with van der Waals surface area (Å²) in [4.78, 5) is 0. The van der Waals surface area contributed by atoms with Crippen molar-refractivity contribution in [2.75, 3.05) is 19.8 Å². The quantitative estimate of drug-likeness (QED) is 0.918. The molecule has 94 valence electrons. The van der Waals surface area contributed by atoms with Gasteiger partial charge in [0.2, 0.25) is 0 Å². The molecule has 17 heavy (non-hydrogen) atoms. The van der Waals surface area contributed by atoms with E-state index in [0.717, 1.165) is 24.2 Å². The molecule has 1 aliphatic heterocycles. The van der Waals surface area contributed by atoms with Crippen molar-refractivity contribution < 1.29 is 4.74 Å². The highest BCUT2D eigenvalue weighted by atomic mass is 79.9. The zero-order valence-corrected chi connectivity index (χ0v) is 11.9. The van der Waals surface area contributed by atoms with Crippen LogP contribution in [0.4, 0.5) is 0 Å². The number of hydrogen-bond donors (Lipinski definition) is 1. The van der Waals surface area contributed by atoms with Crippen LogP contribution >= 0.6 is 15.9 Å². The van der Waals surface area contributed by atoms with Gasteiger partial charge in [0.1, 0.15) is 0 Å². The fraction of sp³-hybridized carbons (Fsp3) is 0.571. The first-order valence-corrected chi connectivity index (χ1v) is 7.17. The van der Waals surface area contributed by atoms with Gasteiger partial charge in [-0.15, -0.1) is 0 Å². The smallest absolute Gasteiger partial charge is 0.0512 e. The third-order valence-corrected chi connectivity index (χ3v) is 3.85. The minimum absolute atomic E-state index is 0.424. The van der Waals surface area contributed by atoms with Crippen LogP contribution in [0, 0.1) is 5.92 Å². The predicted molar refractivity (Wildman–Crippen MR) is 74.1 cm³/mol. The number of nitrogens with one attached hydrogen (secondary N) is 1. The Morgan fingerprint density at radius 1 is 1.41 bits per heavy atom. The molecule has 0 aromatic heterocycles. The van der Waals surface area contributed by atoms with Gasteiger partial charge in [-0.2, -0.15) is 0 Å². The molecule has 1 N–H and O–H groups in total. The first-order chi connectivity index (χ1) is 8.31. The van der Waals surface area contributed by atoms with Crippen LogP contribution in [0.2, 0.25) is 0 Å². The summed E-state index contributed by atoms with van der Waals surface area (Å²) < 4.78 is 6.74. The number of ether oxygens (including phenoxy) is 1. The van der Waals surface area contributed by atoms with Crippen molar-refractivity contribution in [3.63, 3.8) is 0 Å². The average Bonchev–Trinajstić information content (AvgIpc) is 2.38. The summed E-state index contributed by atoms with van der Waals surface area (Å²) in [5, 5.41) is 3.59. The molecular weight excluding hydrogens is 278 g/mol. The van der Waals surface area contributed by atoms with E-state index in [0.29, 0.717) is 12.0 Å². The third kappa shape index (κ3) is 3.54. The molecule has 2 atom stereocenters. The Morgan fingerprint density at radius 2 is 2.18 bits per heavy atom. The standard InChI is InChI=1S/C14H20BrNO/c1-2-16-14(12-4-3-9-17-10-12)11-5-7-13(15)8-6-11/h5-8,12,14,16H,2-4,9-10H2,1H3. The molecule has 1 fully saturated rings. The highest BCUT2D eigenvalue weighted by molar-refractivity contribution is 9.10. The van der Waals surface area contributed by atoms with E-state index in [4.69, 9.17) is 4.74 Å². The van der Waals surface area contributed by atoms with E-state index in [2.05, 4.69) is 52.4 Å². The van der Waals surface area contributed by atoms with E-state index < -0.39 is 0 Å². The molecule has 0 bridgehead atoms. The molecule has 2 nitrogen and oxygen atoms in total. The Morgan fingerprint density at radius 3 is 2.76 bits per heavy atom. The lowest BCUT2D eigenvalue weighted by Crippen LogP contribution is -2.33. The van der Waals surface area contributed by atoms with Gasteiger partial charge < -0.3 is 10.1 Å². The molecule has 1 aromatic carbocycles. The number of benzene rings is 1. The van der Waals surface area contributed by atoms with Crippen LogP contribution in [0.5, 0.6) is 0 Å². The Kier molecular flexibility index (Phi) is 5.01. The van der Waals surface area contributed by atoms with Crippen LogP contribution in [0.15, 0.2) is 28.7 Å². The molecule has 0 aliphatic carbocycles. The first-order valence-electron chi connectivity index (χ1n) is 6.38. The molecule has 3 heteroatoms. The maximum atomic E-state index is 5.61. The van der Waals surface area contributed by atoms with Crippen molar-refractivity contribution in [3.05, 3.63) is 34.3 Å². The van der Waals surface area contributed by atoms with Gasteiger partial charge in [0.25, 0.3) is 0 Å². The van der Waals surface area contributed by atoms with Gasteiger partial charge in [-0.3, -0.25) is 0 Å². The normalized spacial score (nSPS) is 22.4. The maximum Gasteiger partial charge on any atom is 0.0512 e. The summed E-state index contributed by atoms with van der Waals surface area (Å²) in [7, 11) is 0. The highest BCUT2D eigenvalue weighted by Crippen LogP contribution is 2.29. The van der Waals surface area contributed by atoms with Crippen molar-refractivity contribution in [3.8, 4) is 0 Å². The molecule has 2 rings (SSSR count). The van der Waals surface area contributed by atoms with Gasteiger partial charge in [0, 0.05) is 23.0 Å². The monoisotopic (exact) mass is 297 g/mol. The van der Waals surface area contributed by atoms with Crippen LogP contribution in [-0.4, -0.2) is 19.8 Å². The zero-order chi connectivity index (χ0) is 12.1. The average molecular weight is 298 g/mol. The molecule has 1 saturated heterocycles. The molecular formula is C14H20BrNO. The second kappa shape index (κ2) is 6.53. The van der Waals surface area contributed by atoms with Crippen LogP contribution < -0.4 is 5.32 Å². The SMILES string of the molecule is CCNC(c1ccc(Br)cc1)C1CCCOC1. The number of rotatable bonds is 4. The Bertz CT molecular complexity index is 333. The zero-order valence-electron chi connectivity index (χ0n) is 10.3. The summed E-state index contributed by atoms with van der Waals surface area (Å²) in [5.74, 6) is 0.602. The van der Waals surface area contributed by atoms with Crippen LogP contribution in [0.3, 0.4) is 0 Å². The van der Waals surface area contributed by atoms with Crippen LogP contribution in [0.1, 0.15) is 31.4 Å². The molecule has 0 amide bonds. The molecule has 2 unspecified atom stereocenters. The first kappa shape index (κ1) is 13.1. The molecule has 1 aliphatic rings. The van der Waals surface area contributed by atoms with Crippen LogP contribution in [0.25, 0.3) is 0 Å². The Labute approximate surface area is 112 Å². The van der Waals surface area contributed by atoms with Crippen molar-refractivity contribution in [1.29, 1.82) is 0 Å². The molecule has 0 radical (unpaired) electrons. The summed E-state index contributed by atoms with van der Waals surface area (Å²) in [6.07, 6.45) is 2.44. The lowest BCUT2D eigenvalue weighted by Gasteiger charge is -2.31. The van der Waals surface area contributed by atoms with Crippen molar-refractivity contribution in [2.24, 2.45) is 5.92 Å². The highest BCUT2D eigenvalue weighted by Gasteiger charge is 2.24. The molecule has 1 heterocycles. The second-order valence-electron chi connectivity index (χ2n) is 4.56. The van der Waals surface area contributed by atoms with Gasteiger partial charge in [-0.1, -0.05) is 35.0 Å². The Hall–Kier alpha value is -0.380. The van der Waals surface area contributed by atoms with E-state index >= 15 is 0 Å². The van der Waals surface area contributed by atoms with E-state index in [1.165, 1.54) is 18.4 Å². The third-order valence-electron chi connectivity index (χ3n) is 3.32. The predicted octanol–water partition coefficient (Wildman–Crippen LogP) is 3.53. The Balaban J connectivity index is 2.12. The van der Waals surface area contributed by atoms with Crippen molar-refractivity contribution in [2.45, 2.75) is 25.8 Å². The largest absolute Gasteiger partial charge is 0.381 e. The fourth-order valence-electron chi connectivity index (χ4n) is 2.48. The minimum atomic E-state index is 0.424. The number of halogens is 1. The van der Waals surface area contributed by atoms with Gasteiger partial charge in [0.05, 0.1) is 6.61 Å². The summed E-state index contributed by atoms with van der Waals surface area (Å²) in [6.45, 7) is 4.97. The van der Waals surface area contributed by atoms with E-state index in [9.17, 15) is 0 Å². The minimum Gasteiger partial charge on any atom is -0.381 e. The summed E-state index contributed by atoms with van der Waals surface area (Å²) in [6, 6.07) is 9.05. The fourth-order valence-corrected chi connectivity index (χ4v) is 2.74. The maximum absolute atomic E-state index is 5.61. The molecule has 1 aromatic rings. The molecule has 0 spiro atoms. The van der Waals surface area contributed by atoms with Crippen molar-refractivity contribution in [1.82, 2.24) is 5.32 Å². The van der Waals surface area contributed by atoms with Crippen LogP contribution in [-0.2, 0) is 4.74 Å². The summed E-state index contributed by atoms with van der Waals surface area (Å²) >= 11 is 3.48. The van der Waals surface area contributed by atoms with Crippen molar-refractivity contribution >= 4 is 15.9 Å². The molecule has 0 saturated carbocycles. The topological polar surface area (TPSA) is 21.3 Å². The number of hydrogen-bond acceptors (Lipinski definition) is 2. The van der Waals surface area contributed by atoms with Gasteiger partial charge >= 0.3 is 0 Å².